The van der Waals surface area contributed by atoms with Gasteiger partial charge in [-0.2, -0.15) is 0 Å². The monoisotopic (exact) mass is 868 g/mol. The Morgan fingerprint density at radius 3 is 1.85 bits per heavy atom. The normalized spacial score (nSPS) is 18.5. The third-order valence-electron chi connectivity index (χ3n) is 16.9. The molecule has 0 bridgehead atoms. The lowest BCUT2D eigenvalue weighted by atomic mass is 9.36. The zero-order valence-corrected chi connectivity index (χ0v) is 41.5. The Bertz CT molecular complexity index is 3120. The molecule has 0 saturated heterocycles. The van der Waals surface area contributed by atoms with Crippen LogP contribution in [0.3, 0.4) is 0 Å². The molecule has 3 heterocycles. The Balaban J connectivity index is 1.18. The zero-order valence-electron chi connectivity index (χ0n) is 40.7. The molecule has 0 amide bonds. The van der Waals surface area contributed by atoms with E-state index < -0.39 is 0 Å². The van der Waals surface area contributed by atoms with E-state index >= 15 is 0 Å². The number of aryl methyl sites for hydroxylation is 1. The highest BCUT2D eigenvalue weighted by Gasteiger charge is 2.48. The molecule has 0 N–H and O–H groups in total. The van der Waals surface area contributed by atoms with Crippen LogP contribution in [0.1, 0.15) is 153 Å². The van der Waals surface area contributed by atoms with Gasteiger partial charge in [0.25, 0.3) is 6.71 Å². The molecule has 1 saturated carbocycles. The average Bonchev–Trinajstić information content (AvgIpc) is 3.77. The van der Waals surface area contributed by atoms with Gasteiger partial charge in [-0.3, -0.25) is 0 Å². The first-order valence-corrected chi connectivity index (χ1v) is 25.5. The van der Waals surface area contributed by atoms with Crippen LogP contribution in [0.15, 0.2) is 109 Å². The number of thiophene rings is 1. The number of anilines is 6. The molecule has 1 aromatic heterocycles. The van der Waals surface area contributed by atoms with Crippen molar-refractivity contribution in [2.24, 2.45) is 0 Å². The van der Waals surface area contributed by atoms with Crippen LogP contribution in [0.4, 0.5) is 34.1 Å². The highest BCUT2D eigenvalue weighted by atomic mass is 32.1. The van der Waals surface area contributed by atoms with Gasteiger partial charge in [0, 0.05) is 48.7 Å². The molecule has 3 aliphatic carbocycles. The number of hydrogen-bond acceptors (Lipinski definition) is 3. The van der Waals surface area contributed by atoms with Crippen LogP contribution in [0.5, 0.6) is 0 Å². The molecule has 12 rings (SSSR count). The number of rotatable bonds is 2. The van der Waals surface area contributed by atoms with Crippen molar-refractivity contribution in [2.45, 2.75) is 148 Å². The second kappa shape index (κ2) is 13.8. The van der Waals surface area contributed by atoms with Crippen molar-refractivity contribution in [1.82, 2.24) is 0 Å². The van der Waals surface area contributed by atoms with Gasteiger partial charge in [-0.15, -0.1) is 11.3 Å². The second-order valence-corrected chi connectivity index (χ2v) is 25.1. The Morgan fingerprint density at radius 1 is 0.538 bits per heavy atom. The average molecular weight is 869 g/mol. The Labute approximate surface area is 393 Å². The number of nitrogens with zero attached hydrogens (tertiary/aromatic N) is 2. The molecular weight excluding hydrogens is 804 g/mol. The molecule has 4 heteroatoms. The SMILES string of the molecule is Cc1cc2c3c(c1)N(c1ccc4c(c1)C1(CCCCC1)c1ccccc1-4)c1c(sc4cc5c(cc14)C(C)(C)CCC5(C)C)B3c1cc(C(C)(C)C)ccc1N2c1ccc(C(C)(C)C)cc1. The van der Waals surface area contributed by atoms with Crippen LogP contribution in [0.25, 0.3) is 21.2 Å². The summed E-state index contributed by atoms with van der Waals surface area (Å²) >= 11 is 2.07. The molecule has 328 valence electrons. The van der Waals surface area contributed by atoms with Gasteiger partial charge in [0.2, 0.25) is 0 Å². The predicted octanol–water partition coefficient (Wildman–Crippen LogP) is 15.5. The largest absolute Gasteiger partial charge is 0.311 e. The Morgan fingerprint density at radius 2 is 1.15 bits per heavy atom. The Hall–Kier alpha value is -5.06. The van der Waals surface area contributed by atoms with E-state index in [-0.39, 0.29) is 33.8 Å². The summed E-state index contributed by atoms with van der Waals surface area (Å²) in [6, 6.07) is 44.2. The van der Waals surface area contributed by atoms with E-state index in [9.17, 15) is 0 Å². The van der Waals surface area contributed by atoms with Crippen molar-refractivity contribution in [1.29, 1.82) is 0 Å². The molecule has 0 radical (unpaired) electrons. The summed E-state index contributed by atoms with van der Waals surface area (Å²) in [6.07, 6.45) is 8.76. The van der Waals surface area contributed by atoms with Gasteiger partial charge in [-0.05, 0) is 170 Å². The van der Waals surface area contributed by atoms with E-state index in [4.69, 9.17) is 0 Å². The van der Waals surface area contributed by atoms with Gasteiger partial charge in [-0.1, -0.05) is 143 Å². The highest BCUT2D eigenvalue weighted by molar-refractivity contribution is 7.33. The van der Waals surface area contributed by atoms with Gasteiger partial charge in [0.1, 0.15) is 0 Å². The van der Waals surface area contributed by atoms with Crippen LogP contribution in [0, 0.1) is 6.92 Å². The maximum absolute atomic E-state index is 2.75. The fourth-order valence-electron chi connectivity index (χ4n) is 13.1. The third-order valence-corrected chi connectivity index (χ3v) is 18.1. The van der Waals surface area contributed by atoms with Crippen LogP contribution in [-0.2, 0) is 27.1 Å². The number of fused-ring (bicyclic) bond motifs is 12. The van der Waals surface area contributed by atoms with Crippen LogP contribution in [-0.4, -0.2) is 6.71 Å². The van der Waals surface area contributed by atoms with Gasteiger partial charge >= 0.3 is 0 Å². The van der Waals surface area contributed by atoms with Gasteiger partial charge in [0.15, 0.2) is 0 Å². The smallest absolute Gasteiger partial charge is 0.264 e. The first kappa shape index (κ1) is 41.4. The van der Waals surface area contributed by atoms with E-state index in [0.29, 0.717) is 0 Å². The lowest BCUT2D eigenvalue weighted by molar-refractivity contribution is 0.332. The summed E-state index contributed by atoms with van der Waals surface area (Å²) in [5.41, 5.74) is 24.1. The molecule has 0 unspecified atom stereocenters. The Kier molecular flexibility index (Phi) is 8.76. The van der Waals surface area contributed by atoms with Crippen molar-refractivity contribution < 1.29 is 0 Å². The van der Waals surface area contributed by atoms with Crippen molar-refractivity contribution in [3.05, 3.63) is 148 Å². The summed E-state index contributed by atoms with van der Waals surface area (Å²) in [5.74, 6) is 0. The molecule has 6 aromatic carbocycles. The maximum Gasteiger partial charge on any atom is 0.264 e. The standard InChI is InChI=1S/C61H65BN2S/c1-37-31-51-54-52(32-37)64(41-24-25-43-42-17-13-14-18-45(42)61(46(43)34-41)27-15-12-16-28-61)55-44-35-47-48(60(10,11)30-29-59(47,8)9)36-53(44)65-56(55)62(54)49-33-39(58(5,6)7)21-26-50(49)63(51)40-22-19-38(20-23-40)57(2,3)4/h13-14,17-26,31-36H,12,15-16,27-30H2,1-11H3. The fraction of sp³-hybridized carbons (Fsp3) is 0.377. The highest BCUT2D eigenvalue weighted by Crippen LogP contribution is 2.58. The molecular formula is C61H65BN2S. The summed E-state index contributed by atoms with van der Waals surface area (Å²) in [5, 5.41) is 1.41. The van der Waals surface area contributed by atoms with Gasteiger partial charge in [0.05, 0.1) is 5.69 Å². The predicted molar refractivity (Wildman–Crippen MR) is 283 cm³/mol. The van der Waals surface area contributed by atoms with E-state index in [1.54, 1.807) is 16.7 Å². The third kappa shape index (κ3) is 5.97. The van der Waals surface area contributed by atoms with Gasteiger partial charge in [-0.25, -0.2) is 0 Å². The summed E-state index contributed by atoms with van der Waals surface area (Å²) in [4.78, 5) is 5.36. The molecule has 2 aliphatic heterocycles. The minimum atomic E-state index is 0.00157. The number of hydrogen-bond donors (Lipinski definition) is 0. The van der Waals surface area contributed by atoms with Crippen LogP contribution < -0.4 is 25.5 Å². The minimum absolute atomic E-state index is 0.00157. The maximum atomic E-state index is 2.75. The summed E-state index contributed by atoms with van der Waals surface area (Å²) in [7, 11) is 0. The molecule has 7 aromatic rings. The fourth-order valence-corrected chi connectivity index (χ4v) is 14.4. The second-order valence-electron chi connectivity index (χ2n) is 24.0. The van der Waals surface area contributed by atoms with E-state index in [2.05, 4.69) is 206 Å². The van der Waals surface area contributed by atoms with E-state index in [1.165, 1.54) is 138 Å². The first-order chi connectivity index (χ1) is 30.9. The summed E-state index contributed by atoms with van der Waals surface area (Å²) in [6.45, 7) is 26.4. The molecule has 65 heavy (non-hydrogen) atoms. The minimum Gasteiger partial charge on any atom is -0.311 e. The van der Waals surface area contributed by atoms with Crippen molar-refractivity contribution in [3.63, 3.8) is 0 Å². The van der Waals surface area contributed by atoms with Crippen molar-refractivity contribution in [3.8, 4) is 11.1 Å². The topological polar surface area (TPSA) is 6.48 Å². The van der Waals surface area contributed by atoms with Crippen LogP contribution >= 0.6 is 11.3 Å². The molecule has 5 aliphatic rings. The van der Waals surface area contributed by atoms with Crippen molar-refractivity contribution in [2.75, 3.05) is 9.80 Å². The molecule has 0 atom stereocenters. The number of benzene rings is 6. The van der Waals surface area contributed by atoms with Gasteiger partial charge < -0.3 is 9.80 Å². The quantitative estimate of drug-likeness (QED) is 0.160. The molecule has 2 nitrogen and oxygen atoms in total. The van der Waals surface area contributed by atoms with Crippen molar-refractivity contribution >= 4 is 78.0 Å². The zero-order chi connectivity index (χ0) is 45.2. The lowest BCUT2D eigenvalue weighted by Gasteiger charge is -2.44. The molecule has 1 spiro atoms. The summed E-state index contributed by atoms with van der Waals surface area (Å²) < 4.78 is 2.89. The first-order valence-electron chi connectivity index (χ1n) is 24.7. The molecule has 1 fully saturated rings. The lowest BCUT2D eigenvalue weighted by Crippen LogP contribution is -2.60. The van der Waals surface area contributed by atoms with E-state index in [1.807, 2.05) is 0 Å². The van der Waals surface area contributed by atoms with Crippen LogP contribution in [0.2, 0.25) is 0 Å². The van der Waals surface area contributed by atoms with E-state index in [0.717, 1.165) is 0 Å².